The number of nitrogens with two attached hydrogens (primary N) is 1. The van der Waals surface area contributed by atoms with E-state index in [-0.39, 0.29) is 17.6 Å². The molecule has 0 fully saturated rings. The molecule has 22 heavy (non-hydrogen) atoms. The fourth-order valence-corrected chi connectivity index (χ4v) is 2.05. The maximum Gasteiger partial charge on any atom is 0.238 e. The summed E-state index contributed by atoms with van der Waals surface area (Å²) in [5, 5.41) is 0. The first-order valence-electron chi connectivity index (χ1n) is 6.53. The molecule has 0 amide bonds. The zero-order valence-electron chi connectivity index (χ0n) is 11.4. The molecule has 0 aliphatic heterocycles. The molecule has 3 rings (SSSR count). The molecule has 1 heterocycles. The molecule has 0 unspecified atom stereocenters. The van der Waals surface area contributed by atoms with Crippen LogP contribution in [0, 0.1) is 11.6 Å². The van der Waals surface area contributed by atoms with Crippen molar-refractivity contribution < 1.29 is 8.78 Å². The molecule has 3 N–H and O–H groups in total. The number of nitrogens with one attached hydrogen (secondary N) is 1. The summed E-state index contributed by atoms with van der Waals surface area (Å²) < 4.78 is 26.1. The van der Waals surface area contributed by atoms with E-state index in [1.54, 1.807) is 30.3 Å². The summed E-state index contributed by atoms with van der Waals surface area (Å²) in [6, 6.07) is 13.6. The van der Waals surface area contributed by atoms with Gasteiger partial charge in [0.05, 0.1) is 11.4 Å². The summed E-state index contributed by atoms with van der Waals surface area (Å²) in [5.41, 5.74) is 5.02. The minimum atomic E-state index is -0.325. The van der Waals surface area contributed by atoms with Gasteiger partial charge in [-0.15, -0.1) is 0 Å². The number of halogens is 2. The van der Waals surface area contributed by atoms with Crippen LogP contribution < -0.4 is 11.3 Å². The second kappa shape index (κ2) is 5.87. The van der Waals surface area contributed by atoms with Crippen molar-refractivity contribution in [3.8, 4) is 22.5 Å². The Bertz CT molecular complexity index is 722. The minimum absolute atomic E-state index is 0.223. The summed E-state index contributed by atoms with van der Waals surface area (Å²) in [6.07, 6.45) is 0. The van der Waals surface area contributed by atoms with E-state index in [9.17, 15) is 8.78 Å². The Morgan fingerprint density at radius 3 is 1.50 bits per heavy atom. The van der Waals surface area contributed by atoms with Crippen molar-refractivity contribution in [2.24, 2.45) is 5.84 Å². The first kappa shape index (κ1) is 14.1. The van der Waals surface area contributed by atoms with Gasteiger partial charge in [-0.25, -0.2) is 24.6 Å². The molecule has 0 aliphatic rings. The van der Waals surface area contributed by atoms with E-state index < -0.39 is 0 Å². The Labute approximate surface area is 125 Å². The number of aromatic nitrogens is 2. The van der Waals surface area contributed by atoms with Crippen LogP contribution in [-0.2, 0) is 0 Å². The first-order chi connectivity index (χ1) is 10.7. The highest BCUT2D eigenvalue weighted by Crippen LogP contribution is 2.25. The lowest BCUT2D eigenvalue weighted by molar-refractivity contribution is 0.627. The molecule has 0 saturated carbocycles. The van der Waals surface area contributed by atoms with E-state index in [4.69, 9.17) is 5.84 Å². The maximum absolute atomic E-state index is 13.0. The fourth-order valence-electron chi connectivity index (χ4n) is 2.05. The molecule has 6 heteroatoms. The van der Waals surface area contributed by atoms with Crippen molar-refractivity contribution in [3.63, 3.8) is 0 Å². The summed E-state index contributed by atoms with van der Waals surface area (Å²) >= 11 is 0. The second-order valence-corrected chi connectivity index (χ2v) is 4.62. The number of anilines is 1. The van der Waals surface area contributed by atoms with E-state index in [1.165, 1.54) is 24.3 Å². The fraction of sp³-hybridized carbons (Fsp3) is 0. The topological polar surface area (TPSA) is 63.8 Å². The maximum atomic E-state index is 13.0. The SMILES string of the molecule is NNc1nc(-c2ccc(F)cc2)cc(-c2ccc(F)cc2)n1. The number of nitrogens with zero attached hydrogens (tertiary/aromatic N) is 2. The van der Waals surface area contributed by atoms with Crippen molar-refractivity contribution in [1.29, 1.82) is 0 Å². The molecule has 2 aromatic carbocycles. The molecule has 0 bridgehead atoms. The lowest BCUT2D eigenvalue weighted by Crippen LogP contribution is -2.11. The van der Waals surface area contributed by atoms with Crippen LogP contribution in [0.15, 0.2) is 54.6 Å². The van der Waals surface area contributed by atoms with Gasteiger partial charge in [0.2, 0.25) is 5.95 Å². The van der Waals surface area contributed by atoms with Crippen LogP contribution in [0.4, 0.5) is 14.7 Å². The highest BCUT2D eigenvalue weighted by molar-refractivity contribution is 5.69. The molecule has 0 atom stereocenters. The van der Waals surface area contributed by atoms with Gasteiger partial charge in [-0.3, -0.25) is 5.43 Å². The molecule has 0 spiro atoms. The molecule has 1 aromatic heterocycles. The zero-order chi connectivity index (χ0) is 15.5. The van der Waals surface area contributed by atoms with Gasteiger partial charge in [-0.2, -0.15) is 0 Å². The quantitative estimate of drug-likeness (QED) is 0.575. The average Bonchev–Trinajstić information content (AvgIpc) is 2.55. The lowest BCUT2D eigenvalue weighted by Gasteiger charge is -2.08. The molecule has 4 nitrogen and oxygen atoms in total. The van der Waals surface area contributed by atoms with Gasteiger partial charge in [0.25, 0.3) is 0 Å². The number of hydrogen-bond donors (Lipinski definition) is 2. The van der Waals surface area contributed by atoms with Crippen molar-refractivity contribution in [1.82, 2.24) is 9.97 Å². The van der Waals surface area contributed by atoms with E-state index in [2.05, 4.69) is 15.4 Å². The molecular weight excluding hydrogens is 286 g/mol. The Kier molecular flexibility index (Phi) is 3.76. The van der Waals surface area contributed by atoms with Crippen molar-refractivity contribution in [2.75, 3.05) is 5.43 Å². The third-order valence-electron chi connectivity index (χ3n) is 3.14. The monoisotopic (exact) mass is 298 g/mol. The van der Waals surface area contributed by atoms with Gasteiger partial charge >= 0.3 is 0 Å². The van der Waals surface area contributed by atoms with Crippen LogP contribution in [0.25, 0.3) is 22.5 Å². The van der Waals surface area contributed by atoms with Crippen LogP contribution in [0.3, 0.4) is 0 Å². The van der Waals surface area contributed by atoms with Gasteiger partial charge in [-0.05, 0) is 54.6 Å². The number of hydrazine groups is 1. The summed E-state index contributed by atoms with van der Waals surface area (Å²) in [4.78, 5) is 8.50. The molecule has 3 aromatic rings. The average molecular weight is 298 g/mol. The van der Waals surface area contributed by atoms with Crippen molar-refractivity contribution in [3.05, 3.63) is 66.2 Å². The number of benzene rings is 2. The van der Waals surface area contributed by atoms with E-state index in [0.717, 1.165) is 11.1 Å². The predicted molar refractivity (Wildman–Crippen MR) is 80.6 cm³/mol. The summed E-state index contributed by atoms with van der Waals surface area (Å²) in [6.45, 7) is 0. The van der Waals surface area contributed by atoms with Gasteiger partial charge in [0.1, 0.15) is 11.6 Å². The van der Waals surface area contributed by atoms with E-state index in [1.807, 2.05) is 0 Å². The third-order valence-corrected chi connectivity index (χ3v) is 3.14. The minimum Gasteiger partial charge on any atom is -0.292 e. The third kappa shape index (κ3) is 2.91. The van der Waals surface area contributed by atoms with Gasteiger partial charge < -0.3 is 0 Å². The van der Waals surface area contributed by atoms with Crippen LogP contribution in [0.2, 0.25) is 0 Å². The van der Waals surface area contributed by atoms with Crippen LogP contribution in [-0.4, -0.2) is 9.97 Å². The zero-order valence-corrected chi connectivity index (χ0v) is 11.4. The van der Waals surface area contributed by atoms with Crippen LogP contribution in [0.1, 0.15) is 0 Å². The highest BCUT2D eigenvalue weighted by Gasteiger charge is 2.08. The van der Waals surface area contributed by atoms with Gasteiger partial charge in [-0.1, -0.05) is 0 Å². The Morgan fingerprint density at radius 2 is 1.14 bits per heavy atom. The number of rotatable bonds is 3. The highest BCUT2D eigenvalue weighted by atomic mass is 19.1. The van der Waals surface area contributed by atoms with Crippen LogP contribution >= 0.6 is 0 Å². The largest absolute Gasteiger partial charge is 0.292 e. The standard InChI is InChI=1S/C16H12F2N4/c17-12-5-1-10(2-6-12)14-9-15(21-16(20-14)22-19)11-3-7-13(18)8-4-11/h1-9H,19H2,(H,20,21,22). The Balaban J connectivity index is 2.10. The van der Waals surface area contributed by atoms with Crippen molar-refractivity contribution in [2.45, 2.75) is 0 Å². The normalized spacial score (nSPS) is 10.5. The summed E-state index contributed by atoms with van der Waals surface area (Å²) in [7, 11) is 0. The second-order valence-electron chi connectivity index (χ2n) is 4.62. The molecule has 110 valence electrons. The molecular formula is C16H12F2N4. The van der Waals surface area contributed by atoms with Gasteiger partial charge in [0, 0.05) is 11.1 Å². The first-order valence-corrected chi connectivity index (χ1v) is 6.53. The van der Waals surface area contributed by atoms with Crippen LogP contribution in [0.5, 0.6) is 0 Å². The molecule has 0 radical (unpaired) electrons. The summed E-state index contributed by atoms with van der Waals surface area (Å²) in [5.74, 6) is 4.97. The predicted octanol–water partition coefficient (Wildman–Crippen LogP) is 3.37. The number of hydrogen-bond acceptors (Lipinski definition) is 4. The number of nitrogen functional groups attached to an aromatic ring is 1. The van der Waals surface area contributed by atoms with E-state index in [0.29, 0.717) is 11.4 Å². The van der Waals surface area contributed by atoms with Gasteiger partial charge in [0.15, 0.2) is 0 Å². The smallest absolute Gasteiger partial charge is 0.238 e. The molecule has 0 saturated heterocycles. The van der Waals surface area contributed by atoms with E-state index >= 15 is 0 Å². The van der Waals surface area contributed by atoms with Crippen molar-refractivity contribution >= 4 is 5.95 Å². The Hall–Kier alpha value is -2.86. The molecule has 0 aliphatic carbocycles. The lowest BCUT2D eigenvalue weighted by atomic mass is 10.1. The Morgan fingerprint density at radius 1 is 0.727 bits per heavy atom.